The van der Waals surface area contributed by atoms with Crippen LogP contribution in [0.4, 0.5) is 0 Å². The van der Waals surface area contributed by atoms with Gasteiger partial charge in [-0.3, -0.25) is 10.1 Å². The molecule has 178 valence electrons. The Bertz CT molecular complexity index is 834. The van der Waals surface area contributed by atoms with Crippen LogP contribution < -0.4 is 9.47 Å². The van der Waals surface area contributed by atoms with Crippen LogP contribution in [-0.2, 0) is 18.7 Å². The second kappa shape index (κ2) is 10.9. The van der Waals surface area contributed by atoms with E-state index >= 15 is 0 Å². The van der Waals surface area contributed by atoms with E-state index in [0.717, 1.165) is 0 Å². The molecule has 0 N–H and O–H groups in total. The minimum absolute atomic E-state index is 0.0295. The minimum atomic E-state index is -1.87. The highest BCUT2D eigenvalue weighted by molar-refractivity contribution is 6.74. The fraction of sp³-hybridized carbons (Fsp3) is 0.591. The molecule has 0 aliphatic carbocycles. The third kappa shape index (κ3) is 6.53. The molecule has 1 aliphatic heterocycles. The van der Waals surface area contributed by atoms with Gasteiger partial charge in [0.1, 0.15) is 0 Å². The fourth-order valence-corrected chi connectivity index (χ4v) is 3.72. The Kier molecular flexibility index (Phi) is 8.82. The summed E-state index contributed by atoms with van der Waals surface area (Å²) in [4.78, 5) is 23.4. The lowest BCUT2D eigenvalue weighted by atomic mass is 10.0. The van der Waals surface area contributed by atoms with E-state index in [9.17, 15) is 14.9 Å². The first kappa shape index (κ1) is 25.8. The van der Waals surface area contributed by atoms with E-state index in [-0.39, 0.29) is 25.0 Å². The standard InChI is InChI=1S/C22H33NO8Si/c1-7-27-21(24)19(23(25)26)20(16-10-11-17-18(14-16)30-15-29-17)28-12-8-9-13-31-32(5,6)22(2,3)4/h8-11,14,19-20H,7,12-13,15H2,1-6H3/b9-8-. The Morgan fingerprint density at radius 1 is 1.22 bits per heavy atom. The van der Waals surface area contributed by atoms with Gasteiger partial charge in [-0.2, -0.15) is 0 Å². The number of nitro groups is 1. The highest BCUT2D eigenvalue weighted by atomic mass is 28.4. The van der Waals surface area contributed by atoms with E-state index in [1.807, 2.05) is 6.08 Å². The number of fused-ring (bicyclic) bond motifs is 1. The average Bonchev–Trinajstić information content (AvgIpc) is 3.16. The van der Waals surface area contributed by atoms with Crippen LogP contribution in [0.5, 0.6) is 11.5 Å². The highest BCUT2D eigenvalue weighted by Crippen LogP contribution is 2.37. The van der Waals surface area contributed by atoms with Crippen LogP contribution in [0.3, 0.4) is 0 Å². The quantitative estimate of drug-likeness (QED) is 0.156. The Morgan fingerprint density at radius 2 is 1.88 bits per heavy atom. The van der Waals surface area contributed by atoms with Crippen LogP contribution in [0, 0.1) is 10.1 Å². The van der Waals surface area contributed by atoms with Crippen LogP contribution in [0.15, 0.2) is 30.4 Å². The molecule has 0 fully saturated rings. The maximum Gasteiger partial charge on any atom is 0.384 e. The summed E-state index contributed by atoms with van der Waals surface area (Å²) in [7, 11) is -1.87. The van der Waals surface area contributed by atoms with Gasteiger partial charge in [-0.1, -0.05) is 39.0 Å². The molecule has 1 aromatic rings. The van der Waals surface area contributed by atoms with Gasteiger partial charge in [0.2, 0.25) is 6.79 Å². The van der Waals surface area contributed by atoms with Crippen molar-refractivity contribution in [1.29, 1.82) is 0 Å². The van der Waals surface area contributed by atoms with Crippen LogP contribution in [0.2, 0.25) is 18.1 Å². The third-order valence-electron chi connectivity index (χ3n) is 5.65. The van der Waals surface area contributed by atoms with E-state index in [1.165, 1.54) is 0 Å². The maximum absolute atomic E-state index is 12.3. The van der Waals surface area contributed by atoms with E-state index in [1.54, 1.807) is 31.2 Å². The molecule has 32 heavy (non-hydrogen) atoms. The van der Waals surface area contributed by atoms with E-state index < -0.39 is 31.4 Å². The summed E-state index contributed by atoms with van der Waals surface area (Å²) in [5.41, 5.74) is 0.426. The van der Waals surface area contributed by atoms with E-state index in [0.29, 0.717) is 23.7 Å². The molecule has 0 spiro atoms. The predicted molar refractivity (Wildman–Crippen MR) is 121 cm³/mol. The molecule has 0 saturated heterocycles. The second-order valence-corrected chi connectivity index (χ2v) is 13.7. The average molecular weight is 468 g/mol. The molecule has 0 saturated carbocycles. The van der Waals surface area contributed by atoms with Gasteiger partial charge >= 0.3 is 12.0 Å². The van der Waals surface area contributed by atoms with Crippen LogP contribution >= 0.6 is 0 Å². The summed E-state index contributed by atoms with van der Waals surface area (Å²) in [6.45, 7) is 13.0. The summed E-state index contributed by atoms with van der Waals surface area (Å²) >= 11 is 0. The lowest BCUT2D eigenvalue weighted by Crippen LogP contribution is -2.40. The van der Waals surface area contributed by atoms with Crippen molar-refractivity contribution < 1.29 is 33.1 Å². The Labute approximate surface area is 189 Å². The van der Waals surface area contributed by atoms with Gasteiger partial charge in [0.15, 0.2) is 25.9 Å². The van der Waals surface area contributed by atoms with Gasteiger partial charge in [0, 0.05) is 4.92 Å². The minimum Gasteiger partial charge on any atom is -0.461 e. The zero-order valence-corrected chi connectivity index (χ0v) is 20.6. The van der Waals surface area contributed by atoms with Crippen LogP contribution in [0.25, 0.3) is 0 Å². The second-order valence-electron chi connectivity index (χ2n) is 8.89. The Hall–Kier alpha value is -2.43. The zero-order chi connectivity index (χ0) is 23.9. The Balaban J connectivity index is 2.13. The first-order chi connectivity index (χ1) is 15.0. The van der Waals surface area contributed by atoms with Gasteiger partial charge in [0.25, 0.3) is 0 Å². The number of carbonyl (C=O) groups excluding carboxylic acids is 1. The summed E-state index contributed by atoms with van der Waals surface area (Å²) in [5, 5.41) is 11.8. The molecule has 10 heteroatoms. The number of benzene rings is 1. The number of rotatable bonds is 11. The van der Waals surface area contributed by atoms with Crippen LogP contribution in [-0.4, -0.2) is 51.9 Å². The number of carbonyl (C=O) groups is 1. The predicted octanol–water partition coefficient (Wildman–Crippen LogP) is 4.26. The first-order valence-corrected chi connectivity index (χ1v) is 13.5. The molecule has 0 aromatic heterocycles. The molecule has 0 radical (unpaired) electrons. The fourth-order valence-electron chi connectivity index (χ4n) is 2.78. The number of hydrogen-bond donors (Lipinski definition) is 0. The SMILES string of the molecule is CCOC(=O)C(C(OC/C=C\CO[Si](C)(C)C(C)(C)C)c1ccc2c(c1)OCO2)[N+](=O)[O-]. The molecule has 0 bridgehead atoms. The first-order valence-electron chi connectivity index (χ1n) is 10.6. The Morgan fingerprint density at radius 3 is 2.50 bits per heavy atom. The molecule has 1 aliphatic rings. The van der Waals surface area contributed by atoms with Gasteiger partial charge in [-0.25, -0.2) is 4.79 Å². The largest absolute Gasteiger partial charge is 0.461 e. The van der Waals surface area contributed by atoms with Crippen molar-refractivity contribution in [2.75, 3.05) is 26.6 Å². The van der Waals surface area contributed by atoms with Crippen molar-refractivity contribution in [2.24, 2.45) is 0 Å². The summed E-state index contributed by atoms with van der Waals surface area (Å²) in [6, 6.07) is 3.14. The van der Waals surface area contributed by atoms with Crippen molar-refractivity contribution in [2.45, 2.75) is 58.0 Å². The molecule has 2 atom stereocenters. The van der Waals surface area contributed by atoms with Gasteiger partial charge in [-0.15, -0.1) is 0 Å². The normalized spacial score (nSPS) is 15.6. The smallest absolute Gasteiger partial charge is 0.384 e. The molecule has 1 heterocycles. The molecule has 2 unspecified atom stereocenters. The molecular weight excluding hydrogens is 434 g/mol. The van der Waals surface area contributed by atoms with Crippen molar-refractivity contribution in [3.05, 3.63) is 46.0 Å². The third-order valence-corrected chi connectivity index (χ3v) is 10.2. The highest BCUT2D eigenvalue weighted by Gasteiger charge is 2.42. The maximum atomic E-state index is 12.3. The monoisotopic (exact) mass is 467 g/mol. The lowest BCUT2D eigenvalue weighted by Gasteiger charge is -2.35. The summed E-state index contributed by atoms with van der Waals surface area (Å²) in [5.74, 6) is 0.0229. The van der Waals surface area contributed by atoms with Gasteiger partial charge in [-0.05, 0) is 42.8 Å². The number of ether oxygens (including phenoxy) is 4. The molecule has 1 aromatic carbocycles. The molecule has 2 rings (SSSR count). The lowest BCUT2D eigenvalue weighted by molar-refractivity contribution is -0.524. The van der Waals surface area contributed by atoms with E-state index in [2.05, 4.69) is 33.9 Å². The number of nitrogens with zero attached hydrogens (tertiary/aromatic N) is 1. The summed E-state index contributed by atoms with van der Waals surface area (Å²) in [6.07, 6.45) is 2.39. The van der Waals surface area contributed by atoms with Crippen LogP contribution in [0.1, 0.15) is 39.4 Å². The number of hydrogen-bond acceptors (Lipinski definition) is 8. The van der Waals surface area contributed by atoms with Crippen molar-refractivity contribution in [3.8, 4) is 11.5 Å². The van der Waals surface area contributed by atoms with Gasteiger partial charge in [0.05, 0.1) is 19.8 Å². The zero-order valence-electron chi connectivity index (χ0n) is 19.6. The molecular formula is C22H33NO8Si. The van der Waals surface area contributed by atoms with Crippen molar-refractivity contribution >= 4 is 14.3 Å². The van der Waals surface area contributed by atoms with Crippen molar-refractivity contribution in [1.82, 2.24) is 0 Å². The van der Waals surface area contributed by atoms with Crippen molar-refractivity contribution in [3.63, 3.8) is 0 Å². The van der Waals surface area contributed by atoms with Gasteiger partial charge < -0.3 is 23.4 Å². The van der Waals surface area contributed by atoms with E-state index in [4.69, 9.17) is 23.4 Å². The summed E-state index contributed by atoms with van der Waals surface area (Å²) < 4.78 is 27.5. The topological polar surface area (TPSA) is 106 Å². The molecule has 9 nitrogen and oxygen atoms in total. The molecule has 0 amide bonds. The number of esters is 1.